The molecule has 0 radical (unpaired) electrons. The first-order valence-electron chi connectivity index (χ1n) is 9.95. The zero-order valence-electron chi connectivity index (χ0n) is 17.9. The third-order valence-electron chi connectivity index (χ3n) is 5.04. The summed E-state index contributed by atoms with van der Waals surface area (Å²) in [5, 5.41) is 3.83. The summed E-state index contributed by atoms with van der Waals surface area (Å²) in [6, 6.07) is 14.2. The Hall–Kier alpha value is -3.08. The SMILES string of the molecule is CNCc1cn(S(=O)(=O)c2cccnc2)c2cc(Cc3ccc(OC(F)(F)F)cc3)ccc12.Cl. The van der Waals surface area contributed by atoms with Gasteiger partial charge in [-0.25, -0.2) is 12.4 Å². The second-order valence-corrected chi connectivity index (χ2v) is 9.21. The number of rotatable bonds is 7. The van der Waals surface area contributed by atoms with E-state index in [1.807, 2.05) is 12.1 Å². The number of halogens is 4. The van der Waals surface area contributed by atoms with Gasteiger partial charge < -0.3 is 10.1 Å². The first-order valence-corrected chi connectivity index (χ1v) is 11.4. The van der Waals surface area contributed by atoms with Crippen molar-refractivity contribution in [1.29, 1.82) is 0 Å². The van der Waals surface area contributed by atoms with Crippen molar-refractivity contribution in [2.24, 2.45) is 0 Å². The molecule has 0 aliphatic heterocycles. The molecule has 0 unspecified atom stereocenters. The Bertz CT molecular complexity index is 1370. The molecule has 0 fully saturated rings. The molecule has 180 valence electrons. The average molecular weight is 512 g/mol. The van der Waals surface area contributed by atoms with E-state index in [1.54, 1.807) is 37.5 Å². The molecule has 0 spiro atoms. The lowest BCUT2D eigenvalue weighted by Gasteiger charge is -2.10. The van der Waals surface area contributed by atoms with E-state index in [-0.39, 0.29) is 23.1 Å². The summed E-state index contributed by atoms with van der Waals surface area (Å²) in [4.78, 5) is 3.99. The Kier molecular flexibility index (Phi) is 7.54. The van der Waals surface area contributed by atoms with E-state index >= 15 is 0 Å². The monoisotopic (exact) mass is 511 g/mol. The predicted molar refractivity (Wildman–Crippen MR) is 125 cm³/mol. The van der Waals surface area contributed by atoms with Crippen LogP contribution < -0.4 is 10.1 Å². The van der Waals surface area contributed by atoms with Crippen molar-refractivity contribution < 1.29 is 26.3 Å². The lowest BCUT2D eigenvalue weighted by Crippen LogP contribution is -2.17. The van der Waals surface area contributed by atoms with Gasteiger partial charge in [-0.1, -0.05) is 24.3 Å². The molecule has 4 rings (SSSR count). The van der Waals surface area contributed by atoms with Crippen LogP contribution in [0, 0.1) is 0 Å². The molecule has 0 aliphatic carbocycles. The Morgan fingerprint density at radius 1 is 1.06 bits per heavy atom. The molecule has 2 heterocycles. The molecular formula is C23H21ClF3N3O3S. The number of alkyl halides is 3. The molecule has 6 nitrogen and oxygen atoms in total. The van der Waals surface area contributed by atoms with Gasteiger partial charge >= 0.3 is 6.36 Å². The molecule has 34 heavy (non-hydrogen) atoms. The van der Waals surface area contributed by atoms with E-state index in [1.165, 1.54) is 34.6 Å². The van der Waals surface area contributed by atoms with Crippen molar-refractivity contribution in [3.05, 3.63) is 89.9 Å². The smallest absolute Gasteiger partial charge is 0.406 e. The fraction of sp³-hybridized carbons (Fsp3) is 0.174. The van der Waals surface area contributed by atoms with Gasteiger partial charge in [0, 0.05) is 30.5 Å². The van der Waals surface area contributed by atoms with E-state index in [0.717, 1.165) is 22.1 Å². The summed E-state index contributed by atoms with van der Waals surface area (Å²) >= 11 is 0. The highest BCUT2D eigenvalue weighted by molar-refractivity contribution is 7.90. The fourth-order valence-corrected chi connectivity index (χ4v) is 4.96. The van der Waals surface area contributed by atoms with Crippen molar-refractivity contribution >= 4 is 33.3 Å². The molecule has 0 bridgehead atoms. The minimum atomic E-state index is -4.75. The zero-order valence-corrected chi connectivity index (χ0v) is 19.5. The Morgan fingerprint density at radius 2 is 1.76 bits per heavy atom. The third kappa shape index (κ3) is 5.52. The first-order chi connectivity index (χ1) is 15.7. The van der Waals surface area contributed by atoms with Crippen LogP contribution in [-0.4, -0.2) is 30.8 Å². The maximum atomic E-state index is 13.3. The van der Waals surface area contributed by atoms with E-state index in [2.05, 4.69) is 15.0 Å². The van der Waals surface area contributed by atoms with Crippen LogP contribution in [0.25, 0.3) is 10.9 Å². The van der Waals surface area contributed by atoms with Gasteiger partial charge in [-0.3, -0.25) is 4.98 Å². The van der Waals surface area contributed by atoms with Crippen LogP contribution in [0.4, 0.5) is 13.2 Å². The topological polar surface area (TPSA) is 73.2 Å². The lowest BCUT2D eigenvalue weighted by molar-refractivity contribution is -0.274. The third-order valence-corrected chi connectivity index (χ3v) is 6.70. The molecule has 0 atom stereocenters. The number of ether oxygens (including phenoxy) is 1. The summed E-state index contributed by atoms with van der Waals surface area (Å²) in [7, 11) is -2.10. The van der Waals surface area contributed by atoms with Crippen molar-refractivity contribution in [2.45, 2.75) is 24.2 Å². The van der Waals surface area contributed by atoms with Crippen molar-refractivity contribution in [3.63, 3.8) is 0 Å². The molecule has 2 aromatic carbocycles. The standard InChI is InChI=1S/C23H20F3N3O3S.ClH/c1-27-13-18-15-29(33(30,31)20-3-2-10-28-14-20)22-12-17(6-9-21(18)22)11-16-4-7-19(8-5-16)32-23(24,25)26;/h2-10,12,14-15,27H,11,13H2,1H3;1H. The van der Waals surface area contributed by atoms with Crippen LogP contribution >= 0.6 is 12.4 Å². The molecule has 0 saturated carbocycles. The lowest BCUT2D eigenvalue weighted by atomic mass is 10.0. The molecule has 4 aromatic rings. The highest BCUT2D eigenvalue weighted by Gasteiger charge is 2.31. The predicted octanol–water partition coefficient (Wildman–Crippen LogP) is 4.90. The van der Waals surface area contributed by atoms with Gasteiger partial charge in [0.05, 0.1) is 5.52 Å². The normalized spacial score (nSPS) is 11.9. The number of nitrogens with zero attached hydrogens (tertiary/aromatic N) is 2. The molecule has 1 N–H and O–H groups in total. The number of hydrogen-bond acceptors (Lipinski definition) is 5. The molecule has 0 saturated heterocycles. The summed E-state index contributed by atoms with van der Waals surface area (Å²) in [5.74, 6) is -0.296. The largest absolute Gasteiger partial charge is 0.573 e. The first kappa shape index (κ1) is 25.5. The van der Waals surface area contributed by atoms with Gasteiger partial charge in [-0.15, -0.1) is 25.6 Å². The summed E-state index contributed by atoms with van der Waals surface area (Å²) in [6.07, 6.45) is 0.0523. The van der Waals surface area contributed by atoms with Gasteiger partial charge in [0.25, 0.3) is 10.0 Å². The maximum Gasteiger partial charge on any atom is 0.573 e. The van der Waals surface area contributed by atoms with Crippen LogP contribution in [-0.2, 0) is 23.0 Å². The van der Waals surface area contributed by atoms with Gasteiger partial charge in [0.2, 0.25) is 0 Å². The average Bonchev–Trinajstić information content (AvgIpc) is 3.14. The Morgan fingerprint density at radius 3 is 2.38 bits per heavy atom. The number of aromatic nitrogens is 2. The summed E-state index contributed by atoms with van der Waals surface area (Å²) in [5.41, 5.74) is 2.90. The van der Waals surface area contributed by atoms with Crippen molar-refractivity contribution in [2.75, 3.05) is 7.05 Å². The number of nitrogens with one attached hydrogen (secondary N) is 1. The fourth-order valence-electron chi connectivity index (χ4n) is 3.61. The van der Waals surface area contributed by atoms with Crippen LogP contribution in [0.15, 0.2) is 78.1 Å². The minimum Gasteiger partial charge on any atom is -0.406 e. The van der Waals surface area contributed by atoms with E-state index in [0.29, 0.717) is 18.5 Å². The number of benzene rings is 2. The van der Waals surface area contributed by atoms with E-state index < -0.39 is 16.4 Å². The van der Waals surface area contributed by atoms with Crippen molar-refractivity contribution in [3.8, 4) is 5.75 Å². The van der Waals surface area contributed by atoms with Gasteiger partial charge in [-0.05, 0) is 60.5 Å². The number of hydrogen-bond donors (Lipinski definition) is 1. The van der Waals surface area contributed by atoms with Gasteiger partial charge in [0.1, 0.15) is 10.6 Å². The quantitative estimate of drug-likeness (QED) is 0.382. The summed E-state index contributed by atoms with van der Waals surface area (Å²) in [6.45, 7) is 0.478. The van der Waals surface area contributed by atoms with Crippen LogP contribution in [0.1, 0.15) is 16.7 Å². The second-order valence-electron chi connectivity index (χ2n) is 7.39. The van der Waals surface area contributed by atoms with E-state index in [9.17, 15) is 21.6 Å². The number of fused-ring (bicyclic) bond motifs is 1. The van der Waals surface area contributed by atoms with Crippen LogP contribution in [0.3, 0.4) is 0 Å². The Balaban J connectivity index is 0.00000324. The molecular weight excluding hydrogens is 491 g/mol. The van der Waals surface area contributed by atoms with Crippen LogP contribution in [0.5, 0.6) is 5.75 Å². The second kappa shape index (κ2) is 10.0. The Labute approximate surface area is 200 Å². The van der Waals surface area contributed by atoms with Gasteiger partial charge in [-0.2, -0.15) is 0 Å². The maximum absolute atomic E-state index is 13.3. The molecule has 2 aromatic heterocycles. The highest BCUT2D eigenvalue weighted by Crippen LogP contribution is 2.28. The molecule has 11 heteroatoms. The zero-order chi connectivity index (χ0) is 23.6. The minimum absolute atomic E-state index is 0. The van der Waals surface area contributed by atoms with Crippen LogP contribution in [0.2, 0.25) is 0 Å². The molecule has 0 amide bonds. The van der Waals surface area contributed by atoms with Gasteiger partial charge in [0.15, 0.2) is 0 Å². The van der Waals surface area contributed by atoms with Crippen molar-refractivity contribution in [1.82, 2.24) is 14.3 Å². The van der Waals surface area contributed by atoms with E-state index in [4.69, 9.17) is 0 Å². The molecule has 0 aliphatic rings. The highest BCUT2D eigenvalue weighted by atomic mass is 35.5. The summed E-state index contributed by atoms with van der Waals surface area (Å²) < 4.78 is 68.8. The number of pyridine rings is 1.